The molecule has 14 nitrogen and oxygen atoms in total. The molecule has 3 N–H and O–H groups in total. The Hall–Kier alpha value is -6.36. The number of rotatable bonds is 9. The van der Waals surface area contributed by atoms with Crippen molar-refractivity contribution in [3.63, 3.8) is 0 Å². The molecule has 6 aromatic rings. The topological polar surface area (TPSA) is 187 Å². The van der Waals surface area contributed by atoms with Gasteiger partial charge in [-0.2, -0.15) is 18.2 Å². The molecule has 18 heteroatoms. The van der Waals surface area contributed by atoms with Gasteiger partial charge in [-0.05, 0) is 61.7 Å². The molecule has 2 amide bonds. The summed E-state index contributed by atoms with van der Waals surface area (Å²) < 4.78 is 51.6. The minimum absolute atomic E-state index is 0.0226. The summed E-state index contributed by atoms with van der Waals surface area (Å²) >= 11 is 6.82. The number of hydrogen-bond acceptors (Lipinski definition) is 10. The number of halogens is 4. The van der Waals surface area contributed by atoms with Gasteiger partial charge in [0.1, 0.15) is 17.0 Å². The van der Waals surface area contributed by atoms with Crippen molar-refractivity contribution in [2.24, 2.45) is 0 Å². The molecule has 0 spiro atoms. The number of fused-ring (bicyclic) bond motifs is 1. The zero-order chi connectivity index (χ0) is 38.8. The van der Waals surface area contributed by atoms with Crippen molar-refractivity contribution in [1.29, 1.82) is 0 Å². The first-order valence-electron chi connectivity index (χ1n) is 16.1. The van der Waals surface area contributed by atoms with Crippen LogP contribution in [0, 0.1) is 13.8 Å². The zero-order valence-corrected chi connectivity index (χ0v) is 29.5. The molecule has 7 rings (SSSR count). The predicted molar refractivity (Wildman–Crippen MR) is 187 cm³/mol. The SMILES string of the molecule is COc1ccc2c(c1)c(Cl)c(-c1noc(C)n1)n2-c1ccc(CNC(=O)C2(NC(=O)c3cncc(C(F)(F)F)c3)CC2)cc1.Cc1cnc(C(=O)O)cn1. The number of alkyl halides is 3. The second kappa shape index (κ2) is 14.9. The number of nitrogens with one attached hydrogen (secondary N) is 2. The van der Waals surface area contributed by atoms with E-state index < -0.39 is 35.1 Å². The number of aryl methyl sites for hydroxylation is 2. The Balaban J connectivity index is 0.000000432. The quantitative estimate of drug-likeness (QED) is 0.154. The van der Waals surface area contributed by atoms with Crippen molar-refractivity contribution in [2.75, 3.05) is 7.11 Å². The standard InChI is InChI=1S/C30H24ClF3N6O4.C6H6N2O2/c1-16-37-26(39-44-16)25-24(31)22-12-21(43-2)7-8-23(22)40(25)20-5-3-17(4-6-20)13-36-28(42)29(9-10-29)38-27(41)18-11-19(15-35-14-18)30(32,33)34;1-4-2-8-5(3-7-4)6(9)10/h3-8,11-12,14-15H,9-10,13H2,1-2H3,(H,36,42)(H,38,41);2-3H,1H3,(H,9,10). The second-order valence-corrected chi connectivity index (χ2v) is 12.6. The highest BCUT2D eigenvalue weighted by atomic mass is 35.5. The molecule has 0 aliphatic heterocycles. The number of carbonyl (C=O) groups is 3. The number of carboxylic acid groups (broad SMARTS) is 1. The van der Waals surface area contributed by atoms with Gasteiger partial charge in [0.05, 0.1) is 40.7 Å². The molecule has 4 heterocycles. The van der Waals surface area contributed by atoms with Crippen LogP contribution in [0.5, 0.6) is 5.75 Å². The first-order chi connectivity index (χ1) is 25.7. The molecule has 4 aromatic heterocycles. The summed E-state index contributed by atoms with van der Waals surface area (Å²) in [6.45, 7) is 3.59. The molecule has 0 bridgehead atoms. The summed E-state index contributed by atoms with van der Waals surface area (Å²) in [7, 11) is 1.57. The number of nitrogens with zero attached hydrogens (tertiary/aromatic N) is 6. The van der Waals surface area contributed by atoms with Crippen molar-refractivity contribution in [1.82, 2.24) is 40.3 Å². The third kappa shape index (κ3) is 8.00. The Bertz CT molecular complexity index is 2360. The molecule has 54 heavy (non-hydrogen) atoms. The van der Waals surface area contributed by atoms with E-state index in [0.717, 1.165) is 28.4 Å². The number of hydrogen-bond donors (Lipinski definition) is 3. The summed E-state index contributed by atoms with van der Waals surface area (Å²) in [6, 6.07) is 13.6. The van der Waals surface area contributed by atoms with Crippen molar-refractivity contribution in [2.45, 2.75) is 44.9 Å². The number of ether oxygens (including phenoxy) is 1. The molecule has 0 unspecified atom stereocenters. The maximum atomic E-state index is 13.0. The van der Waals surface area contributed by atoms with Crippen molar-refractivity contribution in [3.05, 3.63) is 112 Å². The van der Waals surface area contributed by atoms with Crippen LogP contribution >= 0.6 is 11.6 Å². The van der Waals surface area contributed by atoms with Crippen LogP contribution in [-0.2, 0) is 17.5 Å². The third-order valence-corrected chi connectivity index (χ3v) is 8.75. The first-order valence-corrected chi connectivity index (χ1v) is 16.5. The second-order valence-electron chi connectivity index (χ2n) is 12.2. The molecule has 1 saturated carbocycles. The predicted octanol–water partition coefficient (Wildman–Crippen LogP) is 6.13. The summed E-state index contributed by atoms with van der Waals surface area (Å²) in [5.74, 6) is -0.948. The third-order valence-electron chi connectivity index (χ3n) is 8.36. The number of carbonyl (C=O) groups excluding carboxylic acids is 2. The first kappa shape index (κ1) is 37.4. The van der Waals surface area contributed by atoms with Gasteiger partial charge < -0.3 is 29.6 Å². The van der Waals surface area contributed by atoms with Gasteiger partial charge in [-0.15, -0.1) is 0 Å². The lowest BCUT2D eigenvalue weighted by atomic mass is 10.1. The lowest BCUT2D eigenvalue weighted by molar-refractivity contribution is -0.137. The molecule has 278 valence electrons. The van der Waals surface area contributed by atoms with Crippen molar-refractivity contribution < 1.29 is 41.9 Å². The van der Waals surface area contributed by atoms with Crippen LogP contribution in [-0.4, -0.2) is 65.2 Å². The van der Waals surface area contributed by atoms with E-state index in [2.05, 4.69) is 35.7 Å². The van der Waals surface area contributed by atoms with Crippen LogP contribution in [0.2, 0.25) is 5.02 Å². The number of amides is 2. The van der Waals surface area contributed by atoms with Gasteiger partial charge >= 0.3 is 12.1 Å². The molecular weight excluding hydrogens is 733 g/mol. The number of benzene rings is 2. The fourth-order valence-electron chi connectivity index (χ4n) is 5.38. The van der Waals surface area contributed by atoms with Crippen LogP contribution in [0.4, 0.5) is 13.2 Å². The molecule has 0 radical (unpaired) electrons. The van der Waals surface area contributed by atoms with Crippen LogP contribution in [0.3, 0.4) is 0 Å². The number of aromatic carboxylic acids is 1. The number of pyridine rings is 1. The highest BCUT2D eigenvalue weighted by molar-refractivity contribution is 6.38. The normalized spacial score (nSPS) is 13.1. The van der Waals surface area contributed by atoms with Gasteiger partial charge in [0.15, 0.2) is 5.69 Å². The molecular formula is C36H30ClF3N8O6. The summed E-state index contributed by atoms with van der Waals surface area (Å²) in [5.41, 5.74) is 1.03. The Morgan fingerprint density at radius 2 is 1.76 bits per heavy atom. The minimum Gasteiger partial charge on any atom is -0.497 e. The fourth-order valence-corrected chi connectivity index (χ4v) is 5.70. The number of methoxy groups -OCH3 is 1. The summed E-state index contributed by atoms with van der Waals surface area (Å²) in [4.78, 5) is 51.1. The zero-order valence-electron chi connectivity index (χ0n) is 28.7. The molecule has 1 aliphatic rings. The maximum Gasteiger partial charge on any atom is 0.417 e. The van der Waals surface area contributed by atoms with Gasteiger partial charge in [-0.3, -0.25) is 19.6 Å². The highest BCUT2D eigenvalue weighted by Gasteiger charge is 2.51. The minimum atomic E-state index is -4.64. The lowest BCUT2D eigenvalue weighted by Crippen LogP contribution is -2.48. The average Bonchev–Trinajstić information content (AvgIpc) is 3.72. The average molecular weight is 763 g/mol. The molecule has 1 fully saturated rings. The Morgan fingerprint density at radius 3 is 2.35 bits per heavy atom. The van der Waals surface area contributed by atoms with Gasteiger partial charge in [0.2, 0.25) is 17.6 Å². The van der Waals surface area contributed by atoms with Crippen molar-refractivity contribution >= 4 is 40.3 Å². The molecule has 0 atom stereocenters. The molecule has 1 aliphatic carbocycles. The largest absolute Gasteiger partial charge is 0.497 e. The monoisotopic (exact) mass is 762 g/mol. The van der Waals surface area contributed by atoms with Crippen LogP contribution in [0.15, 0.2) is 77.8 Å². The van der Waals surface area contributed by atoms with Gasteiger partial charge in [-0.25, -0.2) is 9.78 Å². The molecule has 0 saturated heterocycles. The van der Waals surface area contributed by atoms with E-state index in [1.807, 2.05) is 47.0 Å². The van der Waals surface area contributed by atoms with E-state index in [1.54, 1.807) is 21.0 Å². The van der Waals surface area contributed by atoms with Gasteiger partial charge in [-0.1, -0.05) is 28.9 Å². The summed E-state index contributed by atoms with van der Waals surface area (Å²) in [6.07, 6.45) is 0.402. The Kier molecular flexibility index (Phi) is 10.3. The lowest BCUT2D eigenvalue weighted by Gasteiger charge is -2.18. The van der Waals surface area contributed by atoms with Gasteiger partial charge in [0, 0.05) is 43.1 Å². The molecule has 2 aromatic carbocycles. The van der Waals surface area contributed by atoms with E-state index >= 15 is 0 Å². The van der Waals surface area contributed by atoms with Gasteiger partial charge in [0.25, 0.3) is 5.91 Å². The van der Waals surface area contributed by atoms with Crippen molar-refractivity contribution in [3.8, 4) is 23.0 Å². The number of aromatic nitrogens is 6. The van der Waals surface area contributed by atoms with E-state index in [4.69, 9.17) is 26.0 Å². The smallest absolute Gasteiger partial charge is 0.417 e. The van der Waals surface area contributed by atoms with Crippen LogP contribution in [0.25, 0.3) is 28.1 Å². The van der Waals surface area contributed by atoms with Crippen LogP contribution < -0.4 is 15.4 Å². The Labute approximate surface area is 309 Å². The van der Waals surface area contributed by atoms with E-state index in [9.17, 15) is 27.6 Å². The van der Waals surface area contributed by atoms with E-state index in [1.165, 1.54) is 12.4 Å². The fraction of sp³-hybridized carbons (Fsp3) is 0.222. The van der Waals surface area contributed by atoms with E-state index in [0.29, 0.717) is 59.0 Å². The van der Waals surface area contributed by atoms with E-state index in [-0.39, 0.29) is 17.8 Å². The summed E-state index contributed by atoms with van der Waals surface area (Å²) in [5, 5.41) is 19.0. The maximum absolute atomic E-state index is 13.0. The van der Waals surface area contributed by atoms with Crippen LogP contribution in [0.1, 0.15) is 56.4 Å². The Morgan fingerprint density at radius 1 is 1.02 bits per heavy atom. The number of carboxylic acids is 1. The highest BCUT2D eigenvalue weighted by Crippen LogP contribution is 2.40.